The second-order valence-electron chi connectivity index (χ2n) is 5.09. The van der Waals surface area contributed by atoms with Crippen LogP contribution in [0.25, 0.3) is 0 Å². The highest BCUT2D eigenvalue weighted by Gasteiger charge is 2.35. The Labute approximate surface area is 157 Å². The molecule has 24 heavy (non-hydrogen) atoms. The Morgan fingerprint density at radius 1 is 1.00 bits per heavy atom. The lowest BCUT2D eigenvalue weighted by Crippen LogP contribution is -2.40. The first-order chi connectivity index (χ1) is 11.4. The Hall–Kier alpha value is -1.03. The SMILES string of the molecule is O=S(=O)(NCC(O)(c1cccs1)c1cccs1)c1ccc(Br)cc1. The molecule has 0 bridgehead atoms. The number of nitrogens with one attached hydrogen (secondary N) is 1. The fraction of sp³-hybridized carbons (Fsp3) is 0.125. The van der Waals surface area contributed by atoms with E-state index < -0.39 is 15.6 Å². The zero-order valence-corrected chi connectivity index (χ0v) is 16.4. The molecule has 8 heteroatoms. The van der Waals surface area contributed by atoms with Gasteiger partial charge in [-0.15, -0.1) is 22.7 Å². The third kappa shape index (κ3) is 3.63. The van der Waals surface area contributed by atoms with Crippen LogP contribution in [-0.4, -0.2) is 20.1 Å². The Morgan fingerprint density at radius 2 is 1.54 bits per heavy atom. The van der Waals surface area contributed by atoms with Crippen molar-refractivity contribution in [1.82, 2.24) is 4.72 Å². The first kappa shape index (κ1) is 17.8. The Kier molecular flexibility index (Phi) is 5.24. The average molecular weight is 444 g/mol. The molecule has 3 aromatic rings. The van der Waals surface area contributed by atoms with Gasteiger partial charge in [0.25, 0.3) is 0 Å². The van der Waals surface area contributed by atoms with Gasteiger partial charge in [0.2, 0.25) is 10.0 Å². The van der Waals surface area contributed by atoms with E-state index in [1.165, 1.54) is 34.8 Å². The third-order valence-electron chi connectivity index (χ3n) is 3.50. The predicted molar refractivity (Wildman–Crippen MR) is 101 cm³/mol. The molecule has 4 nitrogen and oxygen atoms in total. The summed E-state index contributed by atoms with van der Waals surface area (Å²) in [4.78, 5) is 1.55. The topological polar surface area (TPSA) is 66.4 Å². The van der Waals surface area contributed by atoms with Gasteiger partial charge in [0.05, 0.1) is 4.90 Å². The highest BCUT2D eigenvalue weighted by Crippen LogP contribution is 2.35. The fourth-order valence-corrected chi connectivity index (χ4v) is 5.28. The van der Waals surface area contributed by atoms with Crippen LogP contribution in [-0.2, 0) is 15.6 Å². The third-order valence-corrected chi connectivity index (χ3v) is 7.49. The van der Waals surface area contributed by atoms with Crippen LogP contribution in [0, 0.1) is 0 Å². The van der Waals surface area contributed by atoms with Gasteiger partial charge in [0.15, 0.2) is 0 Å². The van der Waals surface area contributed by atoms with E-state index in [2.05, 4.69) is 20.7 Å². The van der Waals surface area contributed by atoms with Gasteiger partial charge >= 0.3 is 0 Å². The number of sulfonamides is 1. The summed E-state index contributed by atoms with van der Waals surface area (Å²) in [6.45, 7) is -0.133. The molecule has 0 spiro atoms. The van der Waals surface area contributed by atoms with Crippen molar-refractivity contribution in [3.05, 3.63) is 73.5 Å². The van der Waals surface area contributed by atoms with Crippen molar-refractivity contribution in [1.29, 1.82) is 0 Å². The summed E-state index contributed by atoms with van der Waals surface area (Å²) < 4.78 is 28.3. The van der Waals surface area contributed by atoms with Crippen molar-refractivity contribution < 1.29 is 13.5 Å². The Balaban J connectivity index is 1.88. The lowest BCUT2D eigenvalue weighted by molar-refractivity contribution is 0.0937. The van der Waals surface area contributed by atoms with Gasteiger partial charge in [-0.25, -0.2) is 13.1 Å². The summed E-state index contributed by atoms with van der Waals surface area (Å²) in [5.74, 6) is 0. The van der Waals surface area contributed by atoms with Crippen molar-refractivity contribution in [2.45, 2.75) is 10.5 Å². The predicted octanol–water partition coefficient (Wildman–Crippen LogP) is 3.79. The molecular weight excluding hydrogens is 430 g/mol. The quantitative estimate of drug-likeness (QED) is 0.608. The normalized spacial score (nSPS) is 12.4. The number of halogens is 1. The molecule has 2 N–H and O–H groups in total. The minimum absolute atomic E-state index is 0.133. The van der Waals surface area contributed by atoms with Crippen LogP contribution in [0.4, 0.5) is 0 Å². The molecule has 2 heterocycles. The molecule has 126 valence electrons. The van der Waals surface area contributed by atoms with Crippen molar-refractivity contribution in [2.24, 2.45) is 0 Å². The molecule has 0 unspecified atom stereocenters. The summed E-state index contributed by atoms with van der Waals surface area (Å²) in [5.41, 5.74) is -1.38. The summed E-state index contributed by atoms with van der Waals surface area (Å²) in [6.07, 6.45) is 0. The van der Waals surface area contributed by atoms with Crippen molar-refractivity contribution in [2.75, 3.05) is 6.54 Å². The lowest BCUT2D eigenvalue weighted by atomic mass is 10.0. The van der Waals surface area contributed by atoms with Crippen LogP contribution in [0.2, 0.25) is 0 Å². The zero-order chi connectivity index (χ0) is 17.2. The van der Waals surface area contributed by atoms with Crippen LogP contribution in [0.15, 0.2) is 68.7 Å². The number of hydrogen-bond acceptors (Lipinski definition) is 5. The number of hydrogen-bond donors (Lipinski definition) is 2. The fourth-order valence-electron chi connectivity index (χ4n) is 2.22. The molecule has 0 saturated heterocycles. The van der Waals surface area contributed by atoms with Gasteiger partial charge in [0, 0.05) is 20.8 Å². The van der Waals surface area contributed by atoms with E-state index in [-0.39, 0.29) is 11.4 Å². The molecule has 0 amide bonds. The Morgan fingerprint density at radius 3 is 2.00 bits per heavy atom. The largest absolute Gasteiger partial charge is 0.377 e. The first-order valence-electron chi connectivity index (χ1n) is 6.97. The van der Waals surface area contributed by atoms with Crippen molar-refractivity contribution >= 4 is 48.6 Å². The minimum Gasteiger partial charge on any atom is -0.377 e. The molecule has 0 aliphatic carbocycles. The molecule has 1 aromatic carbocycles. The van der Waals surface area contributed by atoms with Gasteiger partial charge in [0.1, 0.15) is 5.60 Å². The maximum Gasteiger partial charge on any atom is 0.240 e. The second-order valence-corrected chi connectivity index (χ2v) is 9.67. The maximum absolute atomic E-state index is 12.5. The van der Waals surface area contributed by atoms with Gasteiger partial charge in [-0.05, 0) is 47.2 Å². The summed E-state index contributed by atoms with van der Waals surface area (Å²) in [5, 5.41) is 14.9. The van der Waals surface area contributed by atoms with Gasteiger partial charge < -0.3 is 5.11 Å². The summed E-state index contributed by atoms with van der Waals surface area (Å²) in [7, 11) is -3.71. The average Bonchev–Trinajstić information content (AvgIpc) is 3.26. The van der Waals surface area contributed by atoms with Crippen LogP contribution >= 0.6 is 38.6 Å². The molecule has 0 aliphatic heterocycles. The molecule has 0 aliphatic rings. The highest BCUT2D eigenvalue weighted by atomic mass is 79.9. The van der Waals surface area contributed by atoms with E-state index in [0.717, 1.165) is 4.47 Å². The second kappa shape index (κ2) is 7.07. The molecule has 0 atom stereocenters. The molecule has 3 rings (SSSR count). The van der Waals surface area contributed by atoms with Crippen LogP contribution in [0.1, 0.15) is 9.75 Å². The van der Waals surface area contributed by atoms with E-state index in [1.807, 2.05) is 22.9 Å². The van der Waals surface area contributed by atoms with E-state index in [4.69, 9.17) is 0 Å². The van der Waals surface area contributed by atoms with Crippen molar-refractivity contribution in [3.8, 4) is 0 Å². The molecule has 2 aromatic heterocycles. The van der Waals surface area contributed by atoms with Crippen LogP contribution < -0.4 is 4.72 Å². The van der Waals surface area contributed by atoms with E-state index in [1.54, 1.807) is 24.3 Å². The number of benzene rings is 1. The standard InChI is InChI=1S/C16H14BrNO3S3/c17-12-5-7-13(8-6-12)24(20,21)18-11-16(19,14-3-1-9-22-14)15-4-2-10-23-15/h1-10,18-19H,11H2. The molecular formula is C16H14BrNO3S3. The number of aliphatic hydroxyl groups is 1. The molecule has 0 radical (unpaired) electrons. The van der Waals surface area contributed by atoms with Crippen LogP contribution in [0.5, 0.6) is 0 Å². The Bertz CT molecular complexity index is 854. The number of thiophene rings is 2. The van der Waals surface area contributed by atoms with Crippen molar-refractivity contribution in [3.63, 3.8) is 0 Å². The van der Waals surface area contributed by atoms with Gasteiger partial charge in [-0.2, -0.15) is 0 Å². The summed E-state index contributed by atoms with van der Waals surface area (Å²) in [6, 6.07) is 13.6. The van der Waals surface area contributed by atoms with Gasteiger partial charge in [-0.3, -0.25) is 0 Å². The van der Waals surface area contributed by atoms with Crippen LogP contribution in [0.3, 0.4) is 0 Å². The lowest BCUT2D eigenvalue weighted by Gasteiger charge is -2.26. The zero-order valence-electron chi connectivity index (χ0n) is 12.3. The van der Waals surface area contributed by atoms with Gasteiger partial charge in [-0.1, -0.05) is 28.1 Å². The minimum atomic E-state index is -3.71. The summed E-state index contributed by atoms with van der Waals surface area (Å²) >= 11 is 6.07. The van der Waals surface area contributed by atoms with E-state index in [9.17, 15) is 13.5 Å². The molecule has 0 fully saturated rings. The first-order valence-corrected chi connectivity index (χ1v) is 11.0. The monoisotopic (exact) mass is 443 g/mol. The maximum atomic E-state index is 12.5. The molecule has 0 saturated carbocycles. The number of rotatable bonds is 6. The van der Waals surface area contributed by atoms with E-state index >= 15 is 0 Å². The highest BCUT2D eigenvalue weighted by molar-refractivity contribution is 9.10. The van der Waals surface area contributed by atoms with E-state index in [0.29, 0.717) is 9.75 Å². The smallest absolute Gasteiger partial charge is 0.240 e.